The molecule has 0 spiro atoms. The maximum atomic E-state index is 12.1. The zero-order valence-corrected chi connectivity index (χ0v) is 16.5. The van der Waals surface area contributed by atoms with E-state index < -0.39 is 4.92 Å². The second-order valence-electron chi connectivity index (χ2n) is 5.94. The van der Waals surface area contributed by atoms with Gasteiger partial charge >= 0.3 is 0 Å². The summed E-state index contributed by atoms with van der Waals surface area (Å²) in [6.45, 7) is 0.957. The van der Waals surface area contributed by atoms with Gasteiger partial charge in [0.2, 0.25) is 5.91 Å². The van der Waals surface area contributed by atoms with Gasteiger partial charge in [0.25, 0.3) is 11.6 Å². The number of hydrogen-bond acceptors (Lipinski definition) is 6. The molecule has 2 aromatic rings. The van der Waals surface area contributed by atoms with Crippen molar-refractivity contribution >= 4 is 40.5 Å². The summed E-state index contributed by atoms with van der Waals surface area (Å²) in [5.74, 6) is -0.636. The van der Waals surface area contributed by atoms with E-state index in [1.807, 2.05) is 0 Å². The van der Waals surface area contributed by atoms with E-state index in [4.69, 9.17) is 16.3 Å². The van der Waals surface area contributed by atoms with E-state index in [9.17, 15) is 19.7 Å². The van der Waals surface area contributed by atoms with E-state index >= 15 is 0 Å². The van der Waals surface area contributed by atoms with Crippen LogP contribution in [-0.4, -0.2) is 43.5 Å². The molecule has 29 heavy (non-hydrogen) atoms. The van der Waals surface area contributed by atoms with Gasteiger partial charge in [-0.2, -0.15) is 0 Å². The average molecular weight is 421 g/mol. The van der Waals surface area contributed by atoms with Crippen molar-refractivity contribution in [3.05, 3.63) is 63.2 Å². The van der Waals surface area contributed by atoms with Crippen LogP contribution in [0, 0.1) is 10.1 Å². The molecule has 3 N–H and O–H groups in total. The number of halogens is 1. The van der Waals surface area contributed by atoms with Crippen molar-refractivity contribution in [3.63, 3.8) is 0 Å². The maximum absolute atomic E-state index is 12.1. The van der Waals surface area contributed by atoms with Crippen LogP contribution in [0.2, 0.25) is 5.02 Å². The van der Waals surface area contributed by atoms with E-state index in [1.165, 1.54) is 25.3 Å². The highest BCUT2D eigenvalue weighted by atomic mass is 35.5. The Bertz CT molecular complexity index is 891. The Morgan fingerprint density at radius 2 is 1.93 bits per heavy atom. The van der Waals surface area contributed by atoms with Gasteiger partial charge in [-0.1, -0.05) is 23.7 Å². The number of amides is 2. The molecule has 0 aliphatic rings. The van der Waals surface area contributed by atoms with Crippen molar-refractivity contribution in [2.24, 2.45) is 0 Å². The fourth-order valence-electron chi connectivity index (χ4n) is 2.46. The molecular weight excluding hydrogens is 400 g/mol. The quantitative estimate of drug-likeness (QED) is 0.308. The highest BCUT2D eigenvalue weighted by molar-refractivity contribution is 6.34. The van der Waals surface area contributed by atoms with E-state index in [0.29, 0.717) is 30.1 Å². The third kappa shape index (κ3) is 6.74. The first kappa shape index (κ1) is 22.1. The zero-order valence-electron chi connectivity index (χ0n) is 15.7. The molecule has 2 aromatic carbocycles. The second-order valence-corrected chi connectivity index (χ2v) is 6.35. The largest absolute Gasteiger partial charge is 0.383 e. The number of hydrogen-bond donors (Lipinski definition) is 3. The molecule has 0 radical (unpaired) electrons. The summed E-state index contributed by atoms with van der Waals surface area (Å²) in [6.07, 6.45) is 0.0862. The third-order valence-corrected chi connectivity index (χ3v) is 4.17. The lowest BCUT2D eigenvalue weighted by molar-refractivity contribution is -0.384. The number of para-hydroxylation sites is 2. The highest BCUT2D eigenvalue weighted by Gasteiger charge is 2.13. The molecule has 0 aliphatic carbocycles. The van der Waals surface area contributed by atoms with Crippen LogP contribution in [0.25, 0.3) is 0 Å². The molecule has 0 atom stereocenters. The number of rotatable bonds is 10. The van der Waals surface area contributed by atoms with Crippen molar-refractivity contribution in [3.8, 4) is 0 Å². The SMILES string of the molecule is COCCNC(=O)c1ccc(NC(=O)CCNc2ccccc2[N+](=O)[O-])cc1Cl. The van der Waals surface area contributed by atoms with E-state index in [1.54, 1.807) is 24.3 Å². The van der Waals surface area contributed by atoms with Crippen molar-refractivity contribution in [2.45, 2.75) is 6.42 Å². The van der Waals surface area contributed by atoms with Gasteiger partial charge in [-0.15, -0.1) is 0 Å². The molecule has 0 bridgehead atoms. The Morgan fingerprint density at radius 1 is 1.17 bits per heavy atom. The molecule has 9 nitrogen and oxygen atoms in total. The lowest BCUT2D eigenvalue weighted by atomic mass is 10.2. The third-order valence-electron chi connectivity index (χ3n) is 3.86. The number of ether oxygens (including phenoxy) is 1. The number of benzene rings is 2. The summed E-state index contributed by atoms with van der Waals surface area (Å²) in [4.78, 5) is 34.6. The summed E-state index contributed by atoms with van der Waals surface area (Å²) < 4.78 is 4.87. The van der Waals surface area contributed by atoms with Gasteiger partial charge in [-0.3, -0.25) is 19.7 Å². The molecule has 0 saturated heterocycles. The number of nitrogens with one attached hydrogen (secondary N) is 3. The zero-order chi connectivity index (χ0) is 21.2. The predicted molar refractivity (Wildman–Crippen MR) is 110 cm³/mol. The van der Waals surface area contributed by atoms with Gasteiger partial charge in [0.05, 0.1) is 22.1 Å². The number of anilines is 2. The minimum Gasteiger partial charge on any atom is -0.383 e. The summed E-state index contributed by atoms with van der Waals surface area (Å²) in [5.41, 5.74) is 1.02. The highest BCUT2D eigenvalue weighted by Crippen LogP contribution is 2.23. The molecule has 0 saturated carbocycles. The Morgan fingerprint density at radius 3 is 2.62 bits per heavy atom. The van der Waals surface area contributed by atoms with Crippen LogP contribution < -0.4 is 16.0 Å². The molecule has 10 heteroatoms. The van der Waals surface area contributed by atoms with Crippen LogP contribution in [0.1, 0.15) is 16.8 Å². The van der Waals surface area contributed by atoms with Crippen molar-refractivity contribution in [2.75, 3.05) is 37.4 Å². The number of carbonyl (C=O) groups is 2. The summed E-state index contributed by atoms with van der Waals surface area (Å²) in [5, 5.41) is 19.4. The maximum Gasteiger partial charge on any atom is 0.292 e. The van der Waals surface area contributed by atoms with Gasteiger partial charge in [0.15, 0.2) is 0 Å². The summed E-state index contributed by atoms with van der Waals surface area (Å²) in [7, 11) is 1.53. The van der Waals surface area contributed by atoms with E-state index in [-0.39, 0.29) is 35.5 Å². The Kier molecular flexibility index (Phi) is 8.38. The standard InChI is InChI=1S/C19H21ClN4O5/c1-29-11-10-22-19(26)14-7-6-13(12-15(14)20)23-18(25)8-9-21-16-4-2-3-5-17(16)24(27)28/h2-7,12,21H,8-11H2,1H3,(H,22,26)(H,23,25). The Labute approximate surface area is 172 Å². The molecule has 0 aromatic heterocycles. The molecule has 0 heterocycles. The summed E-state index contributed by atoms with van der Waals surface area (Å²) in [6, 6.07) is 10.8. The van der Waals surface area contributed by atoms with Crippen LogP contribution in [0.4, 0.5) is 17.1 Å². The minimum absolute atomic E-state index is 0.0564. The van der Waals surface area contributed by atoms with Gasteiger partial charge in [0, 0.05) is 38.4 Å². The minimum atomic E-state index is -0.489. The van der Waals surface area contributed by atoms with E-state index in [2.05, 4.69) is 16.0 Å². The Balaban J connectivity index is 1.87. The predicted octanol–water partition coefficient (Wildman–Crippen LogP) is 3.07. The molecule has 154 valence electrons. The molecule has 2 rings (SSSR count). The topological polar surface area (TPSA) is 123 Å². The Hall–Kier alpha value is -3.17. The first-order valence-corrected chi connectivity index (χ1v) is 9.14. The van der Waals surface area contributed by atoms with E-state index in [0.717, 1.165) is 0 Å². The lowest BCUT2D eigenvalue weighted by Gasteiger charge is -2.10. The summed E-state index contributed by atoms with van der Waals surface area (Å²) >= 11 is 6.13. The first-order chi connectivity index (χ1) is 13.9. The normalized spacial score (nSPS) is 10.3. The van der Waals surface area contributed by atoms with Crippen molar-refractivity contribution in [1.29, 1.82) is 0 Å². The number of nitro groups is 1. The fourth-order valence-corrected chi connectivity index (χ4v) is 2.72. The molecule has 2 amide bonds. The van der Waals surface area contributed by atoms with Crippen LogP contribution in [0.3, 0.4) is 0 Å². The smallest absolute Gasteiger partial charge is 0.292 e. The number of methoxy groups -OCH3 is 1. The number of carbonyl (C=O) groups excluding carboxylic acids is 2. The van der Waals surface area contributed by atoms with Crippen LogP contribution in [0.15, 0.2) is 42.5 Å². The lowest BCUT2D eigenvalue weighted by Crippen LogP contribution is -2.27. The molecule has 0 fully saturated rings. The fraction of sp³-hybridized carbons (Fsp3) is 0.263. The molecular formula is C19H21ClN4O5. The van der Waals surface area contributed by atoms with Gasteiger partial charge in [-0.05, 0) is 24.3 Å². The van der Waals surface area contributed by atoms with Crippen LogP contribution in [0.5, 0.6) is 0 Å². The monoisotopic (exact) mass is 420 g/mol. The van der Waals surface area contributed by atoms with Crippen molar-refractivity contribution in [1.82, 2.24) is 5.32 Å². The number of nitrogens with zero attached hydrogens (tertiary/aromatic N) is 1. The van der Waals surface area contributed by atoms with Gasteiger partial charge in [-0.25, -0.2) is 0 Å². The molecule has 0 unspecified atom stereocenters. The molecule has 0 aliphatic heterocycles. The second kappa shape index (κ2) is 11.0. The van der Waals surface area contributed by atoms with Crippen molar-refractivity contribution < 1.29 is 19.2 Å². The average Bonchev–Trinajstić information content (AvgIpc) is 2.68. The first-order valence-electron chi connectivity index (χ1n) is 8.76. The van der Waals surface area contributed by atoms with Gasteiger partial charge < -0.3 is 20.7 Å². The van der Waals surface area contributed by atoms with Crippen LogP contribution >= 0.6 is 11.6 Å². The van der Waals surface area contributed by atoms with Crippen LogP contribution in [-0.2, 0) is 9.53 Å². The van der Waals surface area contributed by atoms with Gasteiger partial charge in [0.1, 0.15) is 5.69 Å². The number of nitro benzene ring substituents is 1.